The number of hydrogen-bond acceptors (Lipinski definition) is 4. The lowest BCUT2D eigenvalue weighted by molar-refractivity contribution is 0.0696. The van der Waals surface area contributed by atoms with Crippen molar-refractivity contribution in [2.75, 3.05) is 11.9 Å². The van der Waals surface area contributed by atoms with Crippen molar-refractivity contribution in [3.63, 3.8) is 0 Å². The highest BCUT2D eigenvalue weighted by Gasteiger charge is 2.27. The first-order valence-electron chi connectivity index (χ1n) is 5.65. The van der Waals surface area contributed by atoms with Gasteiger partial charge in [-0.05, 0) is 24.6 Å². The normalized spacial score (nSPS) is 18.3. The van der Waals surface area contributed by atoms with Crippen LogP contribution in [-0.4, -0.2) is 32.0 Å². The molecule has 0 unspecified atom stereocenters. The average Bonchev–Trinajstić information content (AvgIpc) is 2.35. The topological polar surface area (TPSA) is 108 Å². The summed E-state index contributed by atoms with van der Waals surface area (Å²) in [6, 6.07) is 3.87. The van der Waals surface area contributed by atoms with Gasteiger partial charge in [0.1, 0.15) is 4.90 Å². The minimum atomic E-state index is -3.78. The minimum Gasteiger partial charge on any atom is -0.478 e. The third-order valence-corrected chi connectivity index (χ3v) is 3.87. The van der Waals surface area contributed by atoms with Gasteiger partial charge in [0.25, 0.3) is 10.0 Å². The second kappa shape index (κ2) is 4.88. The molecule has 0 atom stereocenters. The van der Waals surface area contributed by atoms with Crippen molar-refractivity contribution in [1.82, 2.24) is 4.72 Å². The van der Waals surface area contributed by atoms with E-state index in [0.717, 1.165) is 12.5 Å². The van der Waals surface area contributed by atoms with Gasteiger partial charge in [-0.3, -0.25) is 4.99 Å². The first-order valence-corrected chi connectivity index (χ1v) is 7.14. The van der Waals surface area contributed by atoms with E-state index in [1.807, 2.05) is 6.92 Å². The van der Waals surface area contributed by atoms with E-state index in [1.165, 1.54) is 12.1 Å². The molecular weight excluding hydrogens is 270 g/mol. The van der Waals surface area contributed by atoms with Gasteiger partial charge in [-0.25, -0.2) is 17.9 Å². The van der Waals surface area contributed by atoms with E-state index in [1.54, 1.807) is 0 Å². The zero-order valence-electron chi connectivity index (χ0n) is 10.2. The van der Waals surface area contributed by atoms with Crippen LogP contribution in [0.4, 0.5) is 5.69 Å². The molecule has 0 aromatic heterocycles. The van der Waals surface area contributed by atoms with Crippen molar-refractivity contribution in [3.05, 3.63) is 23.8 Å². The SMILES string of the molecule is CCCN=C1Nc2ccc(C(=O)O)cc2S(=O)(=O)N1. The molecule has 1 aliphatic heterocycles. The van der Waals surface area contributed by atoms with E-state index < -0.39 is 16.0 Å². The van der Waals surface area contributed by atoms with E-state index >= 15 is 0 Å². The number of aliphatic imine (C=N–C) groups is 1. The molecule has 102 valence electrons. The van der Waals surface area contributed by atoms with Crippen molar-refractivity contribution in [2.45, 2.75) is 18.2 Å². The lowest BCUT2D eigenvalue weighted by Gasteiger charge is -2.21. The maximum absolute atomic E-state index is 12.0. The van der Waals surface area contributed by atoms with Crippen molar-refractivity contribution < 1.29 is 18.3 Å². The highest BCUT2D eigenvalue weighted by atomic mass is 32.2. The fourth-order valence-electron chi connectivity index (χ4n) is 1.61. The van der Waals surface area contributed by atoms with E-state index in [4.69, 9.17) is 5.11 Å². The van der Waals surface area contributed by atoms with Crippen molar-refractivity contribution >= 4 is 27.6 Å². The number of anilines is 1. The fourth-order valence-corrected chi connectivity index (χ4v) is 2.78. The standard InChI is InChI=1S/C11H13N3O4S/c1-2-5-12-11-13-8-4-3-7(10(15)16)6-9(8)19(17,18)14-11/h3-4,6H,2,5H2,1H3,(H,15,16)(H2,12,13,14). The molecule has 0 aliphatic carbocycles. The van der Waals surface area contributed by atoms with Crippen molar-refractivity contribution in [2.24, 2.45) is 4.99 Å². The molecule has 7 nitrogen and oxygen atoms in total. The number of carbonyl (C=O) groups is 1. The Balaban J connectivity index is 2.47. The number of nitrogens with one attached hydrogen (secondary N) is 2. The number of sulfonamides is 1. The molecule has 0 radical (unpaired) electrons. The molecule has 0 fully saturated rings. The van der Waals surface area contributed by atoms with Gasteiger partial charge in [-0.15, -0.1) is 0 Å². The summed E-state index contributed by atoms with van der Waals surface area (Å²) in [7, 11) is -3.78. The van der Waals surface area contributed by atoms with Gasteiger partial charge in [-0.1, -0.05) is 6.92 Å². The summed E-state index contributed by atoms with van der Waals surface area (Å²) in [6.45, 7) is 2.42. The van der Waals surface area contributed by atoms with E-state index in [0.29, 0.717) is 12.2 Å². The number of fused-ring (bicyclic) bond motifs is 1. The monoisotopic (exact) mass is 283 g/mol. The lowest BCUT2D eigenvalue weighted by atomic mass is 10.2. The average molecular weight is 283 g/mol. The van der Waals surface area contributed by atoms with Gasteiger partial charge in [0.05, 0.1) is 11.3 Å². The largest absolute Gasteiger partial charge is 0.478 e. The summed E-state index contributed by atoms with van der Waals surface area (Å²) in [5, 5.41) is 11.7. The maximum atomic E-state index is 12.0. The highest BCUT2D eigenvalue weighted by Crippen LogP contribution is 2.25. The van der Waals surface area contributed by atoms with Gasteiger partial charge < -0.3 is 10.4 Å². The van der Waals surface area contributed by atoms with Crippen LogP contribution in [0, 0.1) is 0 Å². The quantitative estimate of drug-likeness (QED) is 0.762. The molecule has 0 saturated carbocycles. The predicted octanol–water partition coefficient (Wildman–Crippen LogP) is 0.855. The molecule has 3 N–H and O–H groups in total. The number of carboxylic acid groups (broad SMARTS) is 1. The minimum absolute atomic E-state index is 0.0835. The van der Waals surface area contributed by atoms with Gasteiger partial charge >= 0.3 is 5.97 Å². The lowest BCUT2D eigenvalue weighted by Crippen LogP contribution is -2.41. The molecule has 0 bridgehead atoms. The molecule has 0 amide bonds. The summed E-state index contributed by atoms with van der Waals surface area (Å²) in [5.74, 6) is -1.03. The first-order chi connectivity index (χ1) is 8.94. The molecule has 0 saturated heterocycles. The Kier molecular flexibility index (Phi) is 3.43. The smallest absolute Gasteiger partial charge is 0.335 e. The second-order valence-corrected chi connectivity index (χ2v) is 5.63. The molecule has 1 heterocycles. The van der Waals surface area contributed by atoms with Crippen LogP contribution < -0.4 is 10.0 Å². The van der Waals surface area contributed by atoms with Crippen LogP contribution in [0.25, 0.3) is 0 Å². The summed E-state index contributed by atoms with van der Waals surface area (Å²) >= 11 is 0. The number of guanidine groups is 1. The number of carboxylic acids is 1. The molecule has 1 aromatic rings. The Hall–Kier alpha value is -2.09. The number of hydrogen-bond donors (Lipinski definition) is 3. The maximum Gasteiger partial charge on any atom is 0.335 e. The molecule has 2 rings (SSSR count). The number of nitrogens with zero attached hydrogens (tertiary/aromatic N) is 1. The zero-order chi connectivity index (χ0) is 14.0. The fraction of sp³-hybridized carbons (Fsp3) is 0.273. The zero-order valence-corrected chi connectivity index (χ0v) is 11.0. The van der Waals surface area contributed by atoms with Crippen LogP contribution in [0.15, 0.2) is 28.1 Å². The summed E-state index contributed by atoms with van der Waals surface area (Å²) in [6.07, 6.45) is 0.789. The van der Waals surface area contributed by atoms with Crippen LogP contribution >= 0.6 is 0 Å². The molecule has 1 aliphatic rings. The summed E-state index contributed by atoms with van der Waals surface area (Å²) in [4.78, 5) is 14.8. The number of benzene rings is 1. The van der Waals surface area contributed by atoms with E-state index in [2.05, 4.69) is 15.0 Å². The third-order valence-electron chi connectivity index (χ3n) is 2.50. The Morgan fingerprint density at radius 3 is 2.79 bits per heavy atom. The van der Waals surface area contributed by atoms with E-state index in [-0.39, 0.29) is 16.4 Å². The van der Waals surface area contributed by atoms with Crippen LogP contribution in [0.1, 0.15) is 23.7 Å². The Morgan fingerprint density at radius 1 is 1.42 bits per heavy atom. The molecule has 19 heavy (non-hydrogen) atoms. The van der Waals surface area contributed by atoms with Crippen LogP contribution in [0.2, 0.25) is 0 Å². The third kappa shape index (κ3) is 2.68. The van der Waals surface area contributed by atoms with Crippen molar-refractivity contribution in [1.29, 1.82) is 0 Å². The first kappa shape index (κ1) is 13.3. The molecular formula is C11H13N3O4S. The molecule has 8 heteroatoms. The Bertz CT molecular complexity index is 652. The van der Waals surface area contributed by atoms with Crippen molar-refractivity contribution in [3.8, 4) is 0 Å². The highest BCUT2D eigenvalue weighted by molar-refractivity contribution is 7.90. The molecule has 1 aromatic carbocycles. The second-order valence-electron chi connectivity index (χ2n) is 3.98. The van der Waals surface area contributed by atoms with Crippen LogP contribution in [0.3, 0.4) is 0 Å². The number of aromatic carboxylic acids is 1. The van der Waals surface area contributed by atoms with Crippen LogP contribution in [-0.2, 0) is 10.0 Å². The Labute approximate surface area is 110 Å². The van der Waals surface area contributed by atoms with E-state index in [9.17, 15) is 13.2 Å². The van der Waals surface area contributed by atoms with Gasteiger partial charge in [-0.2, -0.15) is 0 Å². The van der Waals surface area contributed by atoms with Gasteiger partial charge in [0.15, 0.2) is 0 Å². The molecule has 0 spiro atoms. The predicted molar refractivity (Wildman–Crippen MR) is 69.9 cm³/mol. The van der Waals surface area contributed by atoms with Gasteiger partial charge in [0, 0.05) is 6.54 Å². The van der Waals surface area contributed by atoms with Crippen LogP contribution in [0.5, 0.6) is 0 Å². The summed E-state index contributed by atoms with van der Waals surface area (Å²) in [5.41, 5.74) is 0.235. The van der Waals surface area contributed by atoms with Gasteiger partial charge in [0.2, 0.25) is 5.96 Å². The summed E-state index contributed by atoms with van der Waals surface area (Å²) < 4.78 is 26.3. The number of rotatable bonds is 3. The Morgan fingerprint density at radius 2 is 2.16 bits per heavy atom.